The summed E-state index contributed by atoms with van der Waals surface area (Å²) in [5.41, 5.74) is 1.18. The molecule has 0 spiro atoms. The van der Waals surface area contributed by atoms with Crippen molar-refractivity contribution in [2.24, 2.45) is 11.8 Å². The van der Waals surface area contributed by atoms with E-state index in [0.29, 0.717) is 11.8 Å². The van der Waals surface area contributed by atoms with Gasteiger partial charge in [-0.1, -0.05) is 70.9 Å². The maximum Gasteiger partial charge on any atom is 0.241 e. The summed E-state index contributed by atoms with van der Waals surface area (Å²) < 4.78 is 0. The van der Waals surface area contributed by atoms with E-state index in [2.05, 4.69) is 50.0 Å². The first kappa shape index (κ1) is 16.0. The zero-order chi connectivity index (χ0) is 15.4. The molecule has 116 valence electrons. The summed E-state index contributed by atoms with van der Waals surface area (Å²) in [5, 5.41) is 3.54. The number of carbonyl (C=O) groups excluding carboxylic acids is 1. The lowest BCUT2D eigenvalue weighted by Gasteiger charge is -2.28. The SMILES string of the molecule is CCC(CC)CN1C(=O)C(C(C)C)NC1c1ccccc1. The van der Waals surface area contributed by atoms with Crippen LogP contribution in [0.15, 0.2) is 30.3 Å². The van der Waals surface area contributed by atoms with Crippen molar-refractivity contribution in [1.82, 2.24) is 10.2 Å². The Bertz CT molecular complexity index is 454. The number of carbonyl (C=O) groups is 1. The molecule has 1 amide bonds. The predicted octanol–water partition coefficient (Wildman–Crippen LogP) is 3.58. The molecule has 2 atom stereocenters. The molecule has 0 aromatic heterocycles. The fourth-order valence-electron chi connectivity index (χ4n) is 3.05. The lowest BCUT2D eigenvalue weighted by atomic mass is 10.0. The summed E-state index contributed by atoms with van der Waals surface area (Å²) >= 11 is 0. The van der Waals surface area contributed by atoms with Crippen molar-refractivity contribution < 1.29 is 4.79 Å². The van der Waals surface area contributed by atoms with E-state index in [1.54, 1.807) is 0 Å². The van der Waals surface area contributed by atoms with Crippen LogP contribution < -0.4 is 5.32 Å². The van der Waals surface area contributed by atoms with Crippen molar-refractivity contribution in [3.63, 3.8) is 0 Å². The Balaban J connectivity index is 2.25. The maximum atomic E-state index is 12.8. The first-order valence-corrected chi connectivity index (χ1v) is 8.19. The third kappa shape index (κ3) is 3.46. The predicted molar refractivity (Wildman–Crippen MR) is 86.7 cm³/mol. The van der Waals surface area contributed by atoms with E-state index >= 15 is 0 Å². The minimum absolute atomic E-state index is 0.0201. The van der Waals surface area contributed by atoms with E-state index in [1.807, 2.05) is 18.2 Å². The fourth-order valence-corrected chi connectivity index (χ4v) is 3.05. The number of hydrogen-bond donors (Lipinski definition) is 1. The van der Waals surface area contributed by atoms with Crippen LogP contribution in [0.1, 0.15) is 52.3 Å². The highest BCUT2D eigenvalue weighted by atomic mass is 16.2. The van der Waals surface area contributed by atoms with Gasteiger partial charge >= 0.3 is 0 Å². The van der Waals surface area contributed by atoms with E-state index in [1.165, 1.54) is 5.56 Å². The van der Waals surface area contributed by atoms with Crippen molar-refractivity contribution in [2.45, 2.75) is 52.7 Å². The van der Waals surface area contributed by atoms with Gasteiger partial charge in [-0.3, -0.25) is 10.1 Å². The summed E-state index contributed by atoms with van der Waals surface area (Å²) in [6.07, 6.45) is 2.26. The second-order valence-corrected chi connectivity index (χ2v) is 6.37. The van der Waals surface area contributed by atoms with Crippen LogP contribution in [0.4, 0.5) is 0 Å². The van der Waals surface area contributed by atoms with Crippen molar-refractivity contribution in [3.8, 4) is 0 Å². The Morgan fingerprint density at radius 1 is 1.14 bits per heavy atom. The number of nitrogens with zero attached hydrogens (tertiary/aromatic N) is 1. The lowest BCUT2D eigenvalue weighted by Crippen LogP contribution is -2.36. The van der Waals surface area contributed by atoms with Gasteiger partial charge in [0.05, 0.1) is 6.04 Å². The second kappa shape index (κ2) is 7.08. The largest absolute Gasteiger partial charge is 0.321 e. The number of amides is 1. The summed E-state index contributed by atoms with van der Waals surface area (Å²) in [4.78, 5) is 14.8. The van der Waals surface area contributed by atoms with Crippen LogP contribution in [0.25, 0.3) is 0 Å². The summed E-state index contributed by atoms with van der Waals surface area (Å²) in [6, 6.07) is 10.2. The molecule has 3 nitrogen and oxygen atoms in total. The molecule has 1 heterocycles. The minimum Gasteiger partial charge on any atom is -0.321 e. The molecule has 1 aliphatic rings. The van der Waals surface area contributed by atoms with Crippen LogP contribution in [0.3, 0.4) is 0 Å². The molecule has 1 fully saturated rings. The standard InChI is InChI=1S/C18H28N2O/c1-5-14(6-2)12-20-17(15-10-8-7-9-11-15)19-16(13(3)4)18(20)21/h7-11,13-14,16-17,19H,5-6,12H2,1-4H3. The van der Waals surface area contributed by atoms with Gasteiger partial charge in [-0.2, -0.15) is 0 Å². The van der Waals surface area contributed by atoms with Crippen molar-refractivity contribution in [3.05, 3.63) is 35.9 Å². The van der Waals surface area contributed by atoms with Crippen LogP contribution in [0.5, 0.6) is 0 Å². The highest BCUT2D eigenvalue weighted by Gasteiger charge is 2.41. The quantitative estimate of drug-likeness (QED) is 0.868. The molecule has 1 saturated heterocycles. The minimum atomic E-state index is -0.0652. The van der Waals surface area contributed by atoms with E-state index in [0.717, 1.165) is 19.4 Å². The smallest absolute Gasteiger partial charge is 0.241 e. The molecule has 0 aliphatic carbocycles. The van der Waals surface area contributed by atoms with E-state index in [9.17, 15) is 4.79 Å². The Labute approximate surface area is 128 Å². The van der Waals surface area contributed by atoms with Gasteiger partial charge in [0.25, 0.3) is 0 Å². The van der Waals surface area contributed by atoms with Crippen molar-refractivity contribution in [1.29, 1.82) is 0 Å². The van der Waals surface area contributed by atoms with Gasteiger partial charge in [0.2, 0.25) is 5.91 Å². The third-order valence-electron chi connectivity index (χ3n) is 4.59. The van der Waals surface area contributed by atoms with E-state index < -0.39 is 0 Å². The van der Waals surface area contributed by atoms with Gasteiger partial charge in [0, 0.05) is 6.54 Å². The molecule has 1 N–H and O–H groups in total. The molecule has 3 heteroatoms. The Morgan fingerprint density at radius 3 is 2.29 bits per heavy atom. The zero-order valence-electron chi connectivity index (χ0n) is 13.7. The topological polar surface area (TPSA) is 32.3 Å². The average Bonchev–Trinajstić information content (AvgIpc) is 2.82. The molecule has 2 rings (SSSR count). The second-order valence-electron chi connectivity index (χ2n) is 6.37. The molecule has 1 aromatic carbocycles. The average molecular weight is 288 g/mol. The number of rotatable bonds is 6. The highest BCUT2D eigenvalue weighted by Crippen LogP contribution is 2.29. The van der Waals surface area contributed by atoms with Gasteiger partial charge in [-0.15, -0.1) is 0 Å². The van der Waals surface area contributed by atoms with Crippen LogP contribution >= 0.6 is 0 Å². The number of hydrogen-bond acceptors (Lipinski definition) is 2. The molecule has 0 bridgehead atoms. The normalized spacial score (nSPS) is 22.6. The summed E-state index contributed by atoms with van der Waals surface area (Å²) in [7, 11) is 0. The van der Waals surface area contributed by atoms with Crippen molar-refractivity contribution in [2.75, 3.05) is 6.54 Å². The Kier molecular flexibility index (Phi) is 5.40. The van der Waals surface area contributed by atoms with Gasteiger partial charge in [0.1, 0.15) is 6.17 Å². The maximum absolute atomic E-state index is 12.8. The summed E-state index contributed by atoms with van der Waals surface area (Å²) in [6.45, 7) is 9.48. The molecule has 1 aromatic rings. The van der Waals surface area contributed by atoms with Gasteiger partial charge in [0.15, 0.2) is 0 Å². The molecule has 0 saturated carbocycles. The van der Waals surface area contributed by atoms with Gasteiger partial charge < -0.3 is 4.90 Å². The third-order valence-corrected chi connectivity index (χ3v) is 4.59. The highest BCUT2D eigenvalue weighted by molar-refractivity contribution is 5.84. The molecule has 2 unspecified atom stereocenters. The number of nitrogens with one attached hydrogen (secondary N) is 1. The molecule has 21 heavy (non-hydrogen) atoms. The van der Waals surface area contributed by atoms with Crippen LogP contribution in [0, 0.1) is 11.8 Å². The first-order chi connectivity index (χ1) is 10.1. The monoisotopic (exact) mass is 288 g/mol. The van der Waals surface area contributed by atoms with Crippen LogP contribution in [-0.4, -0.2) is 23.4 Å². The zero-order valence-corrected chi connectivity index (χ0v) is 13.7. The first-order valence-electron chi connectivity index (χ1n) is 8.19. The lowest BCUT2D eigenvalue weighted by molar-refractivity contribution is -0.131. The van der Waals surface area contributed by atoms with E-state index in [-0.39, 0.29) is 18.1 Å². The van der Waals surface area contributed by atoms with Crippen molar-refractivity contribution >= 4 is 5.91 Å². The Morgan fingerprint density at radius 2 is 1.76 bits per heavy atom. The van der Waals surface area contributed by atoms with Gasteiger partial charge in [-0.25, -0.2) is 0 Å². The molecular weight excluding hydrogens is 260 g/mol. The number of benzene rings is 1. The molecule has 1 aliphatic heterocycles. The Hall–Kier alpha value is -1.35. The fraction of sp³-hybridized carbons (Fsp3) is 0.611. The summed E-state index contributed by atoms with van der Waals surface area (Å²) in [5.74, 6) is 1.15. The molecular formula is C18H28N2O. The van der Waals surface area contributed by atoms with E-state index in [4.69, 9.17) is 0 Å². The van der Waals surface area contributed by atoms with Gasteiger partial charge in [-0.05, 0) is 17.4 Å². The van der Waals surface area contributed by atoms with Crippen LogP contribution in [0.2, 0.25) is 0 Å². The van der Waals surface area contributed by atoms with Crippen LogP contribution in [-0.2, 0) is 4.79 Å². The molecule has 0 radical (unpaired) electrons.